The summed E-state index contributed by atoms with van der Waals surface area (Å²) < 4.78 is 16.5. The van der Waals surface area contributed by atoms with Gasteiger partial charge >= 0.3 is 0 Å². The Morgan fingerprint density at radius 3 is 2.48 bits per heavy atom. The van der Waals surface area contributed by atoms with Gasteiger partial charge in [-0.25, -0.2) is 0 Å². The number of para-hydroxylation sites is 2. The van der Waals surface area contributed by atoms with Gasteiger partial charge in [0.2, 0.25) is 5.91 Å². The molecule has 0 saturated heterocycles. The Bertz CT molecular complexity index is 702. The molecule has 2 aromatic rings. The van der Waals surface area contributed by atoms with Gasteiger partial charge in [-0.05, 0) is 57.2 Å². The maximum absolute atomic E-state index is 12.2. The number of hydrogen-bond donors (Lipinski definition) is 2. The Labute approximate surface area is 160 Å². The second-order valence-electron chi connectivity index (χ2n) is 6.13. The monoisotopic (exact) mass is 372 g/mol. The van der Waals surface area contributed by atoms with Gasteiger partial charge in [-0.15, -0.1) is 0 Å². The molecule has 6 heteroatoms. The van der Waals surface area contributed by atoms with Crippen LogP contribution in [-0.2, 0) is 9.53 Å². The Morgan fingerprint density at radius 1 is 1.04 bits per heavy atom. The minimum absolute atomic E-state index is 0.0658. The van der Waals surface area contributed by atoms with E-state index in [9.17, 15) is 4.79 Å². The zero-order chi connectivity index (χ0) is 19.5. The lowest BCUT2D eigenvalue weighted by Crippen LogP contribution is -2.22. The summed E-state index contributed by atoms with van der Waals surface area (Å²) in [6.07, 6.45) is 0.0658. The highest BCUT2D eigenvalue weighted by molar-refractivity contribution is 5.94. The van der Waals surface area contributed by atoms with Crippen molar-refractivity contribution in [2.45, 2.75) is 26.9 Å². The van der Waals surface area contributed by atoms with Crippen LogP contribution in [0.15, 0.2) is 48.5 Å². The van der Waals surface area contributed by atoms with Crippen molar-refractivity contribution in [1.82, 2.24) is 0 Å². The normalized spacial score (nSPS) is 10.5. The highest BCUT2D eigenvalue weighted by atomic mass is 16.5. The van der Waals surface area contributed by atoms with Gasteiger partial charge in [0.15, 0.2) is 0 Å². The van der Waals surface area contributed by atoms with E-state index in [-0.39, 0.29) is 18.6 Å². The van der Waals surface area contributed by atoms with E-state index in [1.807, 2.05) is 69.3 Å². The summed E-state index contributed by atoms with van der Waals surface area (Å²) in [7, 11) is 0. The summed E-state index contributed by atoms with van der Waals surface area (Å²) in [5.74, 6) is 1.33. The molecule has 6 nitrogen and oxygen atoms in total. The number of anilines is 2. The van der Waals surface area contributed by atoms with Crippen molar-refractivity contribution in [1.29, 1.82) is 0 Å². The van der Waals surface area contributed by atoms with Gasteiger partial charge in [-0.3, -0.25) is 4.79 Å². The molecule has 27 heavy (non-hydrogen) atoms. The summed E-state index contributed by atoms with van der Waals surface area (Å²) in [5.41, 5.74) is 1.50. The van der Waals surface area contributed by atoms with E-state index in [1.54, 1.807) is 0 Å². The lowest BCUT2D eigenvalue weighted by molar-refractivity contribution is -0.114. The lowest BCUT2D eigenvalue weighted by atomic mass is 10.2. The minimum atomic E-state index is -0.139. The number of ether oxygens (including phenoxy) is 3. The maximum atomic E-state index is 12.2. The van der Waals surface area contributed by atoms with Crippen LogP contribution in [0.25, 0.3) is 0 Å². The van der Waals surface area contributed by atoms with Crippen molar-refractivity contribution >= 4 is 17.3 Å². The second kappa shape index (κ2) is 11.1. The van der Waals surface area contributed by atoms with E-state index in [0.29, 0.717) is 25.5 Å². The molecule has 0 fully saturated rings. The molecule has 0 unspecified atom stereocenters. The van der Waals surface area contributed by atoms with E-state index in [1.165, 1.54) is 0 Å². The number of benzene rings is 2. The first-order valence-electron chi connectivity index (χ1n) is 9.18. The molecule has 0 aliphatic rings. The van der Waals surface area contributed by atoms with Gasteiger partial charge in [-0.1, -0.05) is 12.1 Å². The molecule has 0 aromatic heterocycles. The smallest absolute Gasteiger partial charge is 0.243 e. The molecule has 0 aliphatic heterocycles. The Morgan fingerprint density at radius 2 is 1.78 bits per heavy atom. The third-order valence-corrected chi connectivity index (χ3v) is 3.53. The van der Waals surface area contributed by atoms with E-state index < -0.39 is 0 Å². The molecule has 0 spiro atoms. The zero-order valence-corrected chi connectivity index (χ0v) is 16.2. The summed E-state index contributed by atoms with van der Waals surface area (Å²) in [6.45, 7) is 7.76. The van der Waals surface area contributed by atoms with Crippen molar-refractivity contribution in [3.05, 3.63) is 48.5 Å². The molecule has 0 saturated carbocycles. The zero-order valence-electron chi connectivity index (χ0n) is 16.2. The van der Waals surface area contributed by atoms with Crippen LogP contribution >= 0.6 is 0 Å². The van der Waals surface area contributed by atoms with Crippen LogP contribution < -0.4 is 20.1 Å². The summed E-state index contributed by atoms with van der Waals surface area (Å²) in [5, 5.41) is 5.97. The van der Waals surface area contributed by atoms with Crippen molar-refractivity contribution in [2.75, 3.05) is 37.0 Å². The quantitative estimate of drug-likeness (QED) is 0.585. The van der Waals surface area contributed by atoms with Crippen molar-refractivity contribution < 1.29 is 19.0 Å². The predicted octanol–water partition coefficient (Wildman–Crippen LogP) is 3.94. The van der Waals surface area contributed by atoms with Gasteiger partial charge in [-0.2, -0.15) is 0 Å². The third kappa shape index (κ3) is 7.58. The first kappa shape index (κ1) is 20.6. The minimum Gasteiger partial charge on any atom is -0.491 e. The average molecular weight is 372 g/mol. The van der Waals surface area contributed by atoms with Gasteiger partial charge in [0.25, 0.3) is 0 Å². The molecule has 2 rings (SSSR count). The maximum Gasteiger partial charge on any atom is 0.243 e. The fourth-order valence-corrected chi connectivity index (χ4v) is 2.35. The molecular formula is C21H28N2O4. The number of amides is 1. The van der Waals surface area contributed by atoms with Gasteiger partial charge in [0, 0.05) is 12.3 Å². The number of carbonyl (C=O) groups is 1. The topological polar surface area (TPSA) is 68.8 Å². The van der Waals surface area contributed by atoms with Crippen LogP contribution in [0.4, 0.5) is 11.4 Å². The van der Waals surface area contributed by atoms with Crippen molar-refractivity contribution in [3.63, 3.8) is 0 Å². The Hall–Kier alpha value is -2.73. The average Bonchev–Trinajstić information content (AvgIpc) is 2.65. The highest BCUT2D eigenvalue weighted by Crippen LogP contribution is 2.24. The fraction of sp³-hybridized carbons (Fsp3) is 0.381. The second-order valence-corrected chi connectivity index (χ2v) is 6.13. The fourth-order valence-electron chi connectivity index (χ4n) is 2.35. The SMILES string of the molecule is CCOCCOc1ccc(NC(=O)CNc2ccccc2OC(C)C)cc1. The molecule has 2 aromatic carbocycles. The van der Waals surface area contributed by atoms with Gasteiger partial charge in [0.05, 0.1) is 24.9 Å². The number of rotatable bonds is 11. The third-order valence-electron chi connectivity index (χ3n) is 3.53. The summed E-state index contributed by atoms with van der Waals surface area (Å²) in [6, 6.07) is 14.8. The number of nitrogens with one attached hydrogen (secondary N) is 2. The number of hydrogen-bond acceptors (Lipinski definition) is 5. The van der Waals surface area contributed by atoms with Crippen molar-refractivity contribution in [3.8, 4) is 11.5 Å². The highest BCUT2D eigenvalue weighted by Gasteiger charge is 2.07. The molecule has 0 heterocycles. The van der Waals surface area contributed by atoms with E-state index >= 15 is 0 Å². The van der Waals surface area contributed by atoms with Crippen LogP contribution in [0, 0.1) is 0 Å². The van der Waals surface area contributed by atoms with Gasteiger partial charge < -0.3 is 24.8 Å². The standard InChI is InChI=1S/C21H28N2O4/c1-4-25-13-14-26-18-11-9-17(10-12-18)23-21(24)15-22-19-7-5-6-8-20(19)27-16(2)3/h5-12,16,22H,4,13-15H2,1-3H3,(H,23,24). The van der Waals surface area contributed by atoms with Crippen LogP contribution in [0.2, 0.25) is 0 Å². The summed E-state index contributed by atoms with van der Waals surface area (Å²) >= 11 is 0. The molecule has 2 N–H and O–H groups in total. The molecule has 0 radical (unpaired) electrons. The largest absolute Gasteiger partial charge is 0.491 e. The Kier molecular flexibility index (Phi) is 8.45. The van der Waals surface area contributed by atoms with Crippen LogP contribution in [0.3, 0.4) is 0 Å². The van der Waals surface area contributed by atoms with Gasteiger partial charge in [0.1, 0.15) is 18.1 Å². The molecule has 146 valence electrons. The summed E-state index contributed by atoms with van der Waals surface area (Å²) in [4.78, 5) is 12.2. The molecular weight excluding hydrogens is 344 g/mol. The van der Waals surface area contributed by atoms with E-state index in [0.717, 1.165) is 17.2 Å². The first-order chi connectivity index (χ1) is 13.1. The number of carbonyl (C=O) groups excluding carboxylic acids is 1. The predicted molar refractivity (Wildman–Crippen MR) is 108 cm³/mol. The first-order valence-corrected chi connectivity index (χ1v) is 9.18. The molecule has 1 amide bonds. The van der Waals surface area contributed by atoms with E-state index in [4.69, 9.17) is 14.2 Å². The van der Waals surface area contributed by atoms with Crippen LogP contribution in [-0.4, -0.2) is 38.4 Å². The van der Waals surface area contributed by atoms with Crippen LogP contribution in [0.1, 0.15) is 20.8 Å². The van der Waals surface area contributed by atoms with E-state index in [2.05, 4.69) is 10.6 Å². The lowest BCUT2D eigenvalue weighted by Gasteiger charge is -2.15. The molecule has 0 atom stereocenters. The van der Waals surface area contributed by atoms with Crippen LogP contribution in [0.5, 0.6) is 11.5 Å². The Balaban J connectivity index is 1.80. The molecule has 0 bridgehead atoms. The van der Waals surface area contributed by atoms with Crippen molar-refractivity contribution in [2.24, 2.45) is 0 Å². The molecule has 0 aliphatic carbocycles.